The third kappa shape index (κ3) is 4.11. The highest BCUT2D eigenvalue weighted by Gasteiger charge is 2.25. The monoisotopic (exact) mass is 389 g/mol. The fourth-order valence-corrected chi connectivity index (χ4v) is 3.05. The number of benzene rings is 3. The van der Waals surface area contributed by atoms with Crippen LogP contribution in [0.5, 0.6) is 5.75 Å². The molecule has 0 spiro atoms. The summed E-state index contributed by atoms with van der Waals surface area (Å²) in [6.07, 6.45) is 0. The molecule has 4 rings (SSSR count). The van der Waals surface area contributed by atoms with E-state index in [1.807, 2.05) is 61.5 Å². The smallest absolute Gasteiger partial charge is 0.247 e. The van der Waals surface area contributed by atoms with Gasteiger partial charge in [-0.2, -0.15) is 0 Å². The molecule has 4 aromatic rings. The first-order valence-electron chi connectivity index (χ1n) is 9.38. The van der Waals surface area contributed by atoms with Crippen molar-refractivity contribution < 1.29 is 13.5 Å². The number of para-hydroxylation sites is 2. The van der Waals surface area contributed by atoms with Crippen molar-refractivity contribution in [3.63, 3.8) is 0 Å². The van der Waals surface area contributed by atoms with Gasteiger partial charge in [-0.05, 0) is 37.3 Å². The van der Waals surface area contributed by atoms with E-state index in [4.69, 9.17) is 9.15 Å². The number of rotatable bonds is 7. The third-order valence-electron chi connectivity index (χ3n) is 4.41. The molecule has 3 aromatic carbocycles. The summed E-state index contributed by atoms with van der Waals surface area (Å²) < 4.78 is 26.3. The van der Waals surface area contributed by atoms with Crippen molar-refractivity contribution in [2.45, 2.75) is 13.0 Å². The average molecular weight is 389 g/mol. The Kier molecular flexibility index (Phi) is 5.52. The summed E-state index contributed by atoms with van der Waals surface area (Å²) in [5.74, 6) is 0.944. The second kappa shape index (κ2) is 8.56. The van der Waals surface area contributed by atoms with Gasteiger partial charge < -0.3 is 14.5 Å². The van der Waals surface area contributed by atoms with E-state index >= 15 is 0 Å². The number of ether oxygens (including phenoxy) is 1. The molecule has 146 valence electrons. The highest BCUT2D eigenvalue weighted by molar-refractivity contribution is 5.58. The number of nitrogens with zero attached hydrogens (tertiary/aromatic N) is 2. The molecule has 1 N–H and O–H groups in total. The first kappa shape index (κ1) is 18.7. The lowest BCUT2D eigenvalue weighted by molar-refractivity contribution is 0.341. The summed E-state index contributed by atoms with van der Waals surface area (Å²) in [5, 5.41) is 11.7. The number of anilines is 1. The molecule has 1 aromatic heterocycles. The molecule has 0 radical (unpaired) electrons. The molecule has 1 heterocycles. The minimum absolute atomic E-state index is 0.264. The van der Waals surface area contributed by atoms with Gasteiger partial charge in [0.2, 0.25) is 11.8 Å². The van der Waals surface area contributed by atoms with E-state index in [1.165, 1.54) is 6.07 Å². The molecule has 6 heteroatoms. The Balaban J connectivity index is 1.75. The fraction of sp³-hybridized carbons (Fsp3) is 0.130. The Labute approximate surface area is 168 Å². The molecule has 5 nitrogen and oxygen atoms in total. The molecule has 0 aliphatic carbocycles. The minimum Gasteiger partial charge on any atom is -0.492 e. The van der Waals surface area contributed by atoms with E-state index < -0.39 is 6.04 Å². The van der Waals surface area contributed by atoms with Gasteiger partial charge in [0.1, 0.15) is 17.6 Å². The topological polar surface area (TPSA) is 60.2 Å². The highest BCUT2D eigenvalue weighted by Crippen LogP contribution is 2.33. The Morgan fingerprint density at radius 3 is 2.45 bits per heavy atom. The van der Waals surface area contributed by atoms with E-state index in [0.29, 0.717) is 29.5 Å². The fourth-order valence-electron chi connectivity index (χ4n) is 3.05. The molecule has 0 amide bonds. The zero-order valence-corrected chi connectivity index (χ0v) is 15.9. The van der Waals surface area contributed by atoms with E-state index in [2.05, 4.69) is 15.5 Å². The van der Waals surface area contributed by atoms with Crippen LogP contribution >= 0.6 is 0 Å². The van der Waals surface area contributed by atoms with Crippen molar-refractivity contribution in [3.8, 4) is 17.2 Å². The van der Waals surface area contributed by atoms with Crippen LogP contribution in [0.3, 0.4) is 0 Å². The maximum Gasteiger partial charge on any atom is 0.247 e. The standard InChI is InChI=1S/C23H20FN3O2/c1-2-28-20-15-9-8-14-19(20)25-21(17-12-6-7-13-18(17)24)23-27-26-22(29-23)16-10-4-3-5-11-16/h3-15,21,25H,2H2,1H3/t21-/m1/s1. The van der Waals surface area contributed by atoms with Gasteiger partial charge in [0, 0.05) is 11.1 Å². The largest absolute Gasteiger partial charge is 0.492 e. The van der Waals surface area contributed by atoms with Crippen LogP contribution in [0.25, 0.3) is 11.5 Å². The van der Waals surface area contributed by atoms with Crippen LogP contribution in [0.15, 0.2) is 83.3 Å². The number of hydrogen-bond acceptors (Lipinski definition) is 5. The predicted octanol–water partition coefficient (Wildman–Crippen LogP) is 5.48. The first-order valence-corrected chi connectivity index (χ1v) is 9.38. The van der Waals surface area contributed by atoms with E-state index in [0.717, 1.165) is 5.56 Å². The molecule has 0 saturated heterocycles. The normalized spacial score (nSPS) is 11.8. The summed E-state index contributed by atoms with van der Waals surface area (Å²) in [6, 6.07) is 22.8. The van der Waals surface area contributed by atoms with Crippen molar-refractivity contribution in [1.82, 2.24) is 10.2 Å². The van der Waals surface area contributed by atoms with Crippen molar-refractivity contribution in [1.29, 1.82) is 0 Å². The molecule has 0 aliphatic rings. The lowest BCUT2D eigenvalue weighted by Crippen LogP contribution is -2.15. The van der Waals surface area contributed by atoms with Crippen LogP contribution < -0.4 is 10.1 Å². The van der Waals surface area contributed by atoms with E-state index in [1.54, 1.807) is 18.2 Å². The van der Waals surface area contributed by atoms with Gasteiger partial charge in [-0.15, -0.1) is 10.2 Å². The molecule has 1 atom stereocenters. The lowest BCUT2D eigenvalue weighted by atomic mass is 10.1. The van der Waals surface area contributed by atoms with Crippen LogP contribution in [0.1, 0.15) is 24.4 Å². The Bertz CT molecular complexity index is 1080. The van der Waals surface area contributed by atoms with Gasteiger partial charge in [-0.1, -0.05) is 48.5 Å². The van der Waals surface area contributed by atoms with Crippen LogP contribution in [-0.2, 0) is 0 Å². The van der Waals surface area contributed by atoms with Gasteiger partial charge in [0.25, 0.3) is 0 Å². The molecule has 0 fully saturated rings. The van der Waals surface area contributed by atoms with Crippen LogP contribution in [0, 0.1) is 5.82 Å². The van der Waals surface area contributed by atoms with E-state index in [9.17, 15) is 4.39 Å². The van der Waals surface area contributed by atoms with E-state index in [-0.39, 0.29) is 11.7 Å². The number of halogens is 1. The van der Waals surface area contributed by atoms with Gasteiger partial charge in [0.15, 0.2) is 0 Å². The summed E-state index contributed by atoms with van der Waals surface area (Å²) in [5.41, 5.74) is 1.91. The zero-order valence-electron chi connectivity index (χ0n) is 15.9. The summed E-state index contributed by atoms with van der Waals surface area (Å²) in [7, 11) is 0. The molecular weight excluding hydrogens is 369 g/mol. The number of aromatic nitrogens is 2. The Hall–Kier alpha value is -3.67. The van der Waals surface area contributed by atoms with Crippen molar-refractivity contribution in [2.75, 3.05) is 11.9 Å². The summed E-state index contributed by atoms with van der Waals surface area (Å²) in [4.78, 5) is 0. The molecule has 0 bridgehead atoms. The maximum absolute atomic E-state index is 14.6. The van der Waals surface area contributed by atoms with Crippen LogP contribution in [-0.4, -0.2) is 16.8 Å². The zero-order chi connectivity index (χ0) is 20.1. The molecule has 0 aliphatic heterocycles. The second-order valence-corrected chi connectivity index (χ2v) is 6.34. The summed E-state index contributed by atoms with van der Waals surface area (Å²) in [6.45, 7) is 2.43. The second-order valence-electron chi connectivity index (χ2n) is 6.34. The highest BCUT2D eigenvalue weighted by atomic mass is 19.1. The molecule has 0 saturated carbocycles. The Morgan fingerprint density at radius 1 is 0.931 bits per heavy atom. The maximum atomic E-state index is 14.6. The minimum atomic E-state index is -0.678. The molecule has 29 heavy (non-hydrogen) atoms. The lowest BCUT2D eigenvalue weighted by Gasteiger charge is -2.19. The van der Waals surface area contributed by atoms with Crippen molar-refractivity contribution in [2.24, 2.45) is 0 Å². The first-order chi connectivity index (χ1) is 14.3. The van der Waals surface area contributed by atoms with Crippen LogP contribution in [0.4, 0.5) is 10.1 Å². The van der Waals surface area contributed by atoms with Crippen molar-refractivity contribution >= 4 is 5.69 Å². The number of hydrogen-bond donors (Lipinski definition) is 1. The third-order valence-corrected chi connectivity index (χ3v) is 4.41. The van der Waals surface area contributed by atoms with Gasteiger partial charge >= 0.3 is 0 Å². The summed E-state index contributed by atoms with van der Waals surface area (Å²) >= 11 is 0. The molecule has 0 unspecified atom stereocenters. The van der Waals surface area contributed by atoms with Gasteiger partial charge in [0.05, 0.1) is 12.3 Å². The number of nitrogens with one attached hydrogen (secondary N) is 1. The predicted molar refractivity (Wildman–Crippen MR) is 109 cm³/mol. The molecular formula is C23H20FN3O2. The Morgan fingerprint density at radius 2 is 1.66 bits per heavy atom. The van der Waals surface area contributed by atoms with Crippen LogP contribution in [0.2, 0.25) is 0 Å². The quantitative estimate of drug-likeness (QED) is 0.454. The van der Waals surface area contributed by atoms with Gasteiger partial charge in [-0.3, -0.25) is 0 Å². The SMILES string of the molecule is CCOc1ccccc1N[C@@H](c1nnc(-c2ccccc2)o1)c1ccccc1F. The van der Waals surface area contributed by atoms with Gasteiger partial charge in [-0.25, -0.2) is 4.39 Å². The van der Waals surface area contributed by atoms with Crippen molar-refractivity contribution in [3.05, 3.63) is 96.1 Å². The average Bonchev–Trinajstić information content (AvgIpc) is 3.25.